The second-order valence-electron chi connectivity index (χ2n) is 11.3. The minimum atomic E-state index is -4.16. The van der Waals surface area contributed by atoms with Crippen LogP contribution < -0.4 is 18.9 Å². The molecule has 2 heterocycles. The van der Waals surface area contributed by atoms with E-state index in [0.717, 1.165) is 5.56 Å². The van der Waals surface area contributed by atoms with E-state index in [1.54, 1.807) is 56.3 Å². The van der Waals surface area contributed by atoms with Gasteiger partial charge in [-0.1, -0.05) is 58.9 Å². The zero-order valence-corrected chi connectivity index (χ0v) is 25.3. The maximum Gasteiger partial charge on any atom is 0.263 e. The summed E-state index contributed by atoms with van der Waals surface area (Å²) in [5, 5.41) is 9.81. The second kappa shape index (κ2) is 12.3. The Balaban J connectivity index is 1.88. The zero-order chi connectivity index (χ0) is 30.5. The number of nitrogens with one attached hydrogen (secondary N) is 1. The Bertz CT molecular complexity index is 1620. The van der Waals surface area contributed by atoms with Crippen LogP contribution in [0.4, 0.5) is 5.82 Å². The van der Waals surface area contributed by atoms with Crippen molar-refractivity contribution in [1.29, 1.82) is 0 Å². The zero-order valence-electron chi connectivity index (χ0n) is 24.5. The molecule has 222 valence electrons. The standard InChI is InChI=1S/C30H35N5O6S/c1-29(2,3)20-12-14-21(15-13-20)42(37,38)35-25-24(41-23-11-8-7-10-22(23)39-6)28(40-19-30(4,5)18-36)34-27(33-25)26-31-16-9-17-32-26/h7-17,36H,18-19H2,1-6H3,(H,33,34,35). The molecule has 2 N–H and O–H groups in total. The van der Waals surface area contributed by atoms with E-state index in [2.05, 4.69) is 24.7 Å². The first-order valence-electron chi connectivity index (χ1n) is 13.2. The molecule has 2 aromatic heterocycles. The van der Waals surface area contributed by atoms with Crippen molar-refractivity contribution < 1.29 is 27.7 Å². The number of sulfonamides is 1. The fourth-order valence-corrected chi connectivity index (χ4v) is 4.65. The first-order chi connectivity index (χ1) is 19.8. The van der Waals surface area contributed by atoms with E-state index in [-0.39, 0.29) is 58.4 Å². The normalized spacial score (nSPS) is 12.1. The average Bonchev–Trinajstić information content (AvgIpc) is 2.97. The summed E-state index contributed by atoms with van der Waals surface area (Å²) >= 11 is 0. The van der Waals surface area contributed by atoms with Gasteiger partial charge in [0.1, 0.15) is 0 Å². The van der Waals surface area contributed by atoms with Gasteiger partial charge in [-0.3, -0.25) is 4.72 Å². The summed E-state index contributed by atoms with van der Waals surface area (Å²) in [7, 11) is -2.67. The molecule has 0 unspecified atom stereocenters. The number of para-hydroxylation sites is 2. The predicted molar refractivity (Wildman–Crippen MR) is 158 cm³/mol. The average molecular weight is 594 g/mol. The van der Waals surface area contributed by atoms with Gasteiger partial charge in [0.05, 0.1) is 25.2 Å². The van der Waals surface area contributed by atoms with Gasteiger partial charge in [0, 0.05) is 17.8 Å². The summed E-state index contributed by atoms with van der Waals surface area (Å²) in [6.45, 7) is 9.61. The fourth-order valence-electron chi connectivity index (χ4n) is 3.65. The second-order valence-corrected chi connectivity index (χ2v) is 13.0. The summed E-state index contributed by atoms with van der Waals surface area (Å²) in [4.78, 5) is 17.4. The van der Waals surface area contributed by atoms with E-state index in [1.807, 2.05) is 20.8 Å². The van der Waals surface area contributed by atoms with Crippen LogP contribution in [0.5, 0.6) is 23.1 Å². The Kier molecular flexibility index (Phi) is 8.97. The molecule has 42 heavy (non-hydrogen) atoms. The molecule has 0 amide bonds. The molecular weight excluding hydrogens is 558 g/mol. The SMILES string of the molecule is COc1ccccc1Oc1c(NS(=O)(=O)c2ccc(C(C)(C)C)cc2)nc(-c2ncccn2)nc1OCC(C)(C)CO. The van der Waals surface area contributed by atoms with Crippen LogP contribution in [0.25, 0.3) is 11.6 Å². The largest absolute Gasteiger partial charge is 0.493 e. The van der Waals surface area contributed by atoms with E-state index in [1.165, 1.54) is 31.6 Å². The molecule has 11 nitrogen and oxygen atoms in total. The van der Waals surface area contributed by atoms with Crippen LogP contribution >= 0.6 is 0 Å². The molecule has 0 aliphatic heterocycles. The van der Waals surface area contributed by atoms with Crippen molar-refractivity contribution in [3.63, 3.8) is 0 Å². The van der Waals surface area contributed by atoms with Crippen LogP contribution in [0.2, 0.25) is 0 Å². The number of rotatable bonds is 11. The number of nitrogens with zero attached hydrogens (tertiary/aromatic N) is 4. The Morgan fingerprint density at radius 1 is 0.857 bits per heavy atom. The number of benzene rings is 2. The lowest BCUT2D eigenvalue weighted by Crippen LogP contribution is -2.26. The number of aliphatic hydroxyl groups excluding tert-OH is 1. The van der Waals surface area contributed by atoms with Gasteiger partial charge >= 0.3 is 0 Å². The van der Waals surface area contributed by atoms with Gasteiger partial charge in [0.25, 0.3) is 15.9 Å². The highest BCUT2D eigenvalue weighted by Crippen LogP contribution is 2.42. The lowest BCUT2D eigenvalue weighted by atomic mass is 9.87. The van der Waals surface area contributed by atoms with Gasteiger partial charge in [0.15, 0.2) is 23.1 Å². The van der Waals surface area contributed by atoms with Gasteiger partial charge in [-0.25, -0.2) is 23.4 Å². The third-order valence-electron chi connectivity index (χ3n) is 6.17. The Hall–Kier alpha value is -4.29. The van der Waals surface area contributed by atoms with Crippen molar-refractivity contribution in [2.75, 3.05) is 25.0 Å². The first kappa shape index (κ1) is 30.7. The first-order valence-corrected chi connectivity index (χ1v) is 14.7. The molecule has 0 fully saturated rings. The molecule has 0 spiro atoms. The monoisotopic (exact) mass is 593 g/mol. The fraction of sp³-hybridized carbons (Fsp3) is 0.333. The van der Waals surface area contributed by atoms with E-state index in [4.69, 9.17) is 14.2 Å². The summed E-state index contributed by atoms with van der Waals surface area (Å²) in [5.41, 5.74) is 0.177. The topological polar surface area (TPSA) is 146 Å². The predicted octanol–water partition coefficient (Wildman–Crippen LogP) is 5.23. The quantitative estimate of drug-likeness (QED) is 0.237. The Morgan fingerprint density at radius 2 is 1.50 bits per heavy atom. The van der Waals surface area contributed by atoms with Gasteiger partial charge in [-0.2, -0.15) is 4.98 Å². The van der Waals surface area contributed by atoms with Gasteiger partial charge in [0.2, 0.25) is 11.6 Å². The van der Waals surface area contributed by atoms with Gasteiger partial charge in [-0.15, -0.1) is 0 Å². The van der Waals surface area contributed by atoms with E-state index in [0.29, 0.717) is 5.75 Å². The van der Waals surface area contributed by atoms with Crippen molar-refractivity contribution in [3.8, 4) is 34.8 Å². The van der Waals surface area contributed by atoms with Crippen LogP contribution in [0.3, 0.4) is 0 Å². The highest BCUT2D eigenvalue weighted by Gasteiger charge is 2.28. The van der Waals surface area contributed by atoms with Crippen molar-refractivity contribution >= 4 is 15.8 Å². The number of methoxy groups -OCH3 is 1. The maximum atomic E-state index is 13.7. The van der Waals surface area contributed by atoms with Crippen molar-refractivity contribution in [3.05, 3.63) is 72.6 Å². The van der Waals surface area contributed by atoms with E-state index in [9.17, 15) is 13.5 Å². The molecule has 0 bridgehead atoms. The molecule has 0 aliphatic rings. The molecular formula is C30H35N5O6S. The number of ether oxygens (including phenoxy) is 3. The lowest BCUT2D eigenvalue weighted by Gasteiger charge is -2.23. The third kappa shape index (κ3) is 7.31. The van der Waals surface area contributed by atoms with Crippen LogP contribution in [-0.2, 0) is 15.4 Å². The number of anilines is 1. The van der Waals surface area contributed by atoms with Gasteiger partial charge < -0.3 is 19.3 Å². The number of hydrogen-bond donors (Lipinski definition) is 2. The van der Waals surface area contributed by atoms with Crippen LogP contribution in [0, 0.1) is 5.41 Å². The molecule has 4 aromatic rings. The highest BCUT2D eigenvalue weighted by molar-refractivity contribution is 7.92. The number of hydrogen-bond acceptors (Lipinski definition) is 10. The van der Waals surface area contributed by atoms with Crippen LogP contribution in [0.1, 0.15) is 40.2 Å². The summed E-state index contributed by atoms with van der Waals surface area (Å²) in [5.74, 6) is 0.413. The molecule has 0 saturated carbocycles. The molecule has 12 heteroatoms. The highest BCUT2D eigenvalue weighted by atomic mass is 32.2. The Labute approximate surface area is 246 Å². The van der Waals surface area contributed by atoms with E-state index < -0.39 is 15.4 Å². The van der Waals surface area contributed by atoms with Crippen LogP contribution in [0.15, 0.2) is 71.9 Å². The smallest absolute Gasteiger partial charge is 0.263 e. The molecule has 0 saturated heterocycles. The minimum Gasteiger partial charge on any atom is -0.493 e. The molecule has 2 aromatic carbocycles. The lowest BCUT2D eigenvalue weighted by molar-refractivity contribution is 0.0936. The number of aliphatic hydroxyl groups is 1. The van der Waals surface area contributed by atoms with Crippen molar-refractivity contribution in [1.82, 2.24) is 19.9 Å². The van der Waals surface area contributed by atoms with Crippen LogP contribution in [-0.4, -0.2) is 53.8 Å². The van der Waals surface area contributed by atoms with Gasteiger partial charge in [-0.05, 0) is 41.3 Å². The third-order valence-corrected chi connectivity index (χ3v) is 7.53. The summed E-state index contributed by atoms with van der Waals surface area (Å²) in [6, 6.07) is 15.1. The number of aromatic nitrogens is 4. The maximum absolute atomic E-state index is 13.7. The van der Waals surface area contributed by atoms with Crippen molar-refractivity contribution in [2.24, 2.45) is 5.41 Å². The minimum absolute atomic E-state index is 0.000520. The summed E-state index contributed by atoms with van der Waals surface area (Å²) in [6.07, 6.45) is 3.03. The molecule has 0 aliphatic carbocycles. The Morgan fingerprint density at radius 3 is 2.10 bits per heavy atom. The molecule has 0 radical (unpaired) electrons. The molecule has 4 rings (SSSR count). The van der Waals surface area contributed by atoms with E-state index >= 15 is 0 Å². The molecule has 0 atom stereocenters. The van der Waals surface area contributed by atoms with Crippen molar-refractivity contribution in [2.45, 2.75) is 44.9 Å². The summed E-state index contributed by atoms with van der Waals surface area (Å²) < 4.78 is 47.5.